The van der Waals surface area contributed by atoms with Crippen molar-refractivity contribution in [1.29, 1.82) is 0 Å². The number of benzene rings is 3. The van der Waals surface area contributed by atoms with E-state index in [0.29, 0.717) is 5.02 Å². The minimum atomic E-state index is 0.653. The molecule has 3 nitrogen and oxygen atoms in total. The summed E-state index contributed by atoms with van der Waals surface area (Å²) < 4.78 is 6.12. The van der Waals surface area contributed by atoms with E-state index in [9.17, 15) is 0 Å². The minimum absolute atomic E-state index is 0.653. The van der Waals surface area contributed by atoms with Crippen molar-refractivity contribution in [3.8, 4) is 10.8 Å². The van der Waals surface area contributed by atoms with Crippen LogP contribution in [0.3, 0.4) is 0 Å². The molecule has 0 fully saturated rings. The second kappa shape index (κ2) is 10.2. The minimum Gasteiger partial charge on any atom is -0.445 e. The molecule has 1 N–H and O–H groups in total. The highest BCUT2D eigenvalue weighted by molar-refractivity contribution is 7.14. The first kappa shape index (κ1) is 21.7. The molecule has 0 saturated heterocycles. The Bertz CT molecular complexity index is 1150. The normalized spacial score (nSPS) is 11.1. The molecular formula is C26H27ClN2OS. The summed E-state index contributed by atoms with van der Waals surface area (Å²) >= 11 is 8.06. The van der Waals surface area contributed by atoms with E-state index in [1.807, 2.05) is 18.2 Å². The van der Waals surface area contributed by atoms with Crippen molar-refractivity contribution in [3.63, 3.8) is 0 Å². The fourth-order valence-electron chi connectivity index (χ4n) is 3.76. The topological polar surface area (TPSA) is 24.5 Å². The fraction of sp³-hybridized carbons (Fsp3) is 0.231. The van der Waals surface area contributed by atoms with Gasteiger partial charge in [0, 0.05) is 42.8 Å². The van der Waals surface area contributed by atoms with Gasteiger partial charge in [-0.15, -0.1) is 11.3 Å². The molecule has 4 aromatic rings. The molecule has 3 aromatic carbocycles. The van der Waals surface area contributed by atoms with E-state index in [2.05, 4.69) is 78.7 Å². The van der Waals surface area contributed by atoms with E-state index < -0.39 is 0 Å². The third-order valence-electron chi connectivity index (χ3n) is 5.36. The maximum atomic E-state index is 6.47. The third-order valence-corrected chi connectivity index (χ3v) is 6.76. The molecule has 0 amide bonds. The molecule has 1 heterocycles. The van der Waals surface area contributed by atoms with E-state index in [1.165, 1.54) is 16.3 Å². The van der Waals surface area contributed by atoms with Gasteiger partial charge in [0.15, 0.2) is 5.06 Å². The van der Waals surface area contributed by atoms with E-state index in [1.54, 1.807) is 11.3 Å². The monoisotopic (exact) mass is 450 g/mol. The number of anilines is 1. The largest absolute Gasteiger partial charge is 0.445 e. The molecule has 0 saturated carbocycles. The summed E-state index contributed by atoms with van der Waals surface area (Å²) in [5.74, 6) is 0.809. The van der Waals surface area contributed by atoms with Gasteiger partial charge in [-0.05, 0) is 48.4 Å². The van der Waals surface area contributed by atoms with Crippen LogP contribution in [0.5, 0.6) is 10.8 Å². The highest BCUT2D eigenvalue weighted by Gasteiger charge is 2.11. The average Bonchev–Trinajstić information content (AvgIpc) is 3.14. The maximum Gasteiger partial charge on any atom is 0.199 e. The Hall–Kier alpha value is -2.53. The molecule has 0 radical (unpaired) electrons. The van der Waals surface area contributed by atoms with E-state index in [0.717, 1.165) is 47.6 Å². The van der Waals surface area contributed by atoms with Gasteiger partial charge < -0.3 is 15.0 Å². The number of thiophene rings is 1. The van der Waals surface area contributed by atoms with Crippen molar-refractivity contribution >= 4 is 39.4 Å². The zero-order valence-electron chi connectivity index (χ0n) is 17.9. The molecule has 0 atom stereocenters. The number of nitrogens with one attached hydrogen (secondary N) is 1. The molecule has 1 aromatic heterocycles. The molecule has 0 unspecified atom stereocenters. The van der Waals surface area contributed by atoms with Crippen LogP contribution in [0.4, 0.5) is 5.69 Å². The molecule has 0 aliphatic carbocycles. The van der Waals surface area contributed by atoms with Crippen molar-refractivity contribution in [1.82, 2.24) is 5.32 Å². The Morgan fingerprint density at radius 3 is 2.52 bits per heavy atom. The van der Waals surface area contributed by atoms with E-state index >= 15 is 0 Å². The van der Waals surface area contributed by atoms with Gasteiger partial charge in [-0.2, -0.15) is 0 Å². The molecule has 4 rings (SSSR count). The van der Waals surface area contributed by atoms with Crippen LogP contribution in [0.15, 0.2) is 72.8 Å². The zero-order chi connectivity index (χ0) is 21.6. The van der Waals surface area contributed by atoms with Gasteiger partial charge in [-0.1, -0.05) is 60.1 Å². The maximum absolute atomic E-state index is 6.47. The van der Waals surface area contributed by atoms with Crippen molar-refractivity contribution in [2.45, 2.75) is 26.9 Å². The average molecular weight is 451 g/mol. The first-order chi connectivity index (χ1) is 15.2. The standard InChI is InChI=1S/C26H27ClN2OS/c1-3-29(4-2)21-12-8-13-22(15-21)30-26-25(27)16-23(31-26)18-28-17-20-11-7-10-19-9-5-6-14-24(19)20/h5-16,28H,3-4,17-18H2,1-2H3. The number of hydrogen-bond donors (Lipinski definition) is 1. The number of rotatable bonds is 9. The SMILES string of the molecule is CCN(CC)c1cccc(Oc2sc(CNCc3cccc4ccccc34)cc2Cl)c1. The molecule has 0 aliphatic rings. The zero-order valence-corrected chi connectivity index (χ0v) is 19.5. The second-order valence-electron chi connectivity index (χ2n) is 7.36. The summed E-state index contributed by atoms with van der Waals surface area (Å²) in [6.45, 7) is 7.79. The van der Waals surface area contributed by atoms with Gasteiger partial charge in [0.2, 0.25) is 0 Å². The van der Waals surface area contributed by atoms with Crippen LogP contribution in [0, 0.1) is 0 Å². The Kier molecular flexibility index (Phi) is 7.13. The molecular weight excluding hydrogens is 424 g/mol. The van der Waals surface area contributed by atoms with Gasteiger partial charge in [-0.3, -0.25) is 0 Å². The van der Waals surface area contributed by atoms with E-state index in [4.69, 9.17) is 16.3 Å². The van der Waals surface area contributed by atoms with Gasteiger partial charge in [-0.25, -0.2) is 0 Å². The summed E-state index contributed by atoms with van der Waals surface area (Å²) in [5, 5.41) is 7.49. The van der Waals surface area contributed by atoms with Crippen LogP contribution in [-0.2, 0) is 13.1 Å². The lowest BCUT2D eigenvalue weighted by molar-refractivity contribution is 0.496. The van der Waals surface area contributed by atoms with Crippen LogP contribution >= 0.6 is 22.9 Å². The Labute approximate surface area is 193 Å². The number of hydrogen-bond acceptors (Lipinski definition) is 4. The quantitative estimate of drug-likeness (QED) is 0.286. The van der Waals surface area contributed by atoms with Crippen molar-refractivity contribution in [2.24, 2.45) is 0 Å². The van der Waals surface area contributed by atoms with Crippen LogP contribution in [0.1, 0.15) is 24.3 Å². The lowest BCUT2D eigenvalue weighted by atomic mass is 10.0. The number of nitrogens with zero attached hydrogens (tertiary/aromatic N) is 1. The van der Waals surface area contributed by atoms with Gasteiger partial charge in [0.25, 0.3) is 0 Å². The Morgan fingerprint density at radius 1 is 0.903 bits per heavy atom. The number of fused-ring (bicyclic) bond motifs is 1. The fourth-order valence-corrected chi connectivity index (χ4v) is 4.99. The van der Waals surface area contributed by atoms with E-state index in [-0.39, 0.29) is 0 Å². The van der Waals surface area contributed by atoms with Crippen LogP contribution in [0.25, 0.3) is 10.8 Å². The highest BCUT2D eigenvalue weighted by atomic mass is 35.5. The summed E-state index contributed by atoms with van der Waals surface area (Å²) in [5.41, 5.74) is 2.46. The second-order valence-corrected chi connectivity index (χ2v) is 8.87. The predicted molar refractivity (Wildman–Crippen MR) is 134 cm³/mol. The van der Waals surface area contributed by atoms with Gasteiger partial charge in [0.1, 0.15) is 5.75 Å². The molecule has 5 heteroatoms. The molecule has 0 aliphatic heterocycles. The molecule has 0 bridgehead atoms. The van der Waals surface area contributed by atoms with Gasteiger partial charge in [0.05, 0.1) is 5.02 Å². The first-order valence-corrected chi connectivity index (χ1v) is 11.9. The predicted octanol–water partition coefficient (Wildman–Crippen LogP) is 7.48. The van der Waals surface area contributed by atoms with Crippen LogP contribution < -0.4 is 15.0 Å². The summed E-state index contributed by atoms with van der Waals surface area (Å²) in [7, 11) is 0. The molecule has 31 heavy (non-hydrogen) atoms. The van der Waals surface area contributed by atoms with Crippen molar-refractivity contribution < 1.29 is 4.74 Å². The summed E-state index contributed by atoms with van der Waals surface area (Å²) in [6.07, 6.45) is 0. The Morgan fingerprint density at radius 2 is 1.68 bits per heavy atom. The Balaban J connectivity index is 1.41. The summed E-state index contributed by atoms with van der Waals surface area (Å²) in [4.78, 5) is 3.45. The van der Waals surface area contributed by atoms with Crippen molar-refractivity contribution in [2.75, 3.05) is 18.0 Å². The first-order valence-electron chi connectivity index (χ1n) is 10.7. The lowest BCUT2D eigenvalue weighted by Gasteiger charge is -2.21. The smallest absolute Gasteiger partial charge is 0.199 e. The van der Waals surface area contributed by atoms with Crippen LogP contribution in [-0.4, -0.2) is 13.1 Å². The van der Waals surface area contributed by atoms with Gasteiger partial charge >= 0.3 is 0 Å². The molecule has 160 valence electrons. The summed E-state index contributed by atoms with van der Waals surface area (Å²) in [6, 6.07) is 25.1. The number of halogens is 1. The van der Waals surface area contributed by atoms with Crippen molar-refractivity contribution in [3.05, 3.63) is 88.3 Å². The highest BCUT2D eigenvalue weighted by Crippen LogP contribution is 2.38. The third kappa shape index (κ3) is 5.21. The lowest BCUT2D eigenvalue weighted by Crippen LogP contribution is -2.21. The number of ether oxygens (including phenoxy) is 1. The molecule has 0 spiro atoms. The van der Waals surface area contributed by atoms with Crippen LogP contribution in [0.2, 0.25) is 5.02 Å².